The Morgan fingerprint density at radius 1 is 1.17 bits per heavy atom. The van der Waals surface area contributed by atoms with Crippen LogP contribution in [0.1, 0.15) is 24.0 Å². The quantitative estimate of drug-likeness (QED) is 0.866. The van der Waals surface area contributed by atoms with Gasteiger partial charge in [0.1, 0.15) is 0 Å². The van der Waals surface area contributed by atoms with E-state index in [1.54, 1.807) is 7.11 Å². The van der Waals surface area contributed by atoms with Gasteiger partial charge in [-0.3, -0.25) is 4.90 Å². The van der Waals surface area contributed by atoms with E-state index < -0.39 is 0 Å². The van der Waals surface area contributed by atoms with Crippen molar-refractivity contribution in [3.63, 3.8) is 0 Å². The molecule has 3 heteroatoms. The maximum atomic E-state index is 5.61. The highest BCUT2D eigenvalue weighted by Crippen LogP contribution is 2.19. The zero-order valence-corrected chi connectivity index (χ0v) is 11.3. The highest BCUT2D eigenvalue weighted by molar-refractivity contribution is 5.22. The second kappa shape index (κ2) is 6.88. The first kappa shape index (κ1) is 13.5. The topological polar surface area (TPSA) is 38.5 Å². The van der Waals surface area contributed by atoms with Gasteiger partial charge in [-0.05, 0) is 43.0 Å². The van der Waals surface area contributed by atoms with E-state index >= 15 is 0 Å². The minimum absolute atomic E-state index is 0.628. The van der Waals surface area contributed by atoms with Crippen LogP contribution in [0.2, 0.25) is 0 Å². The molecule has 2 rings (SSSR count). The van der Waals surface area contributed by atoms with Crippen molar-refractivity contribution in [1.29, 1.82) is 0 Å². The average Bonchev–Trinajstić information content (AvgIpc) is 2.42. The predicted molar refractivity (Wildman–Crippen MR) is 74.2 cm³/mol. The lowest BCUT2D eigenvalue weighted by Gasteiger charge is -2.31. The molecule has 0 aromatic heterocycles. The van der Waals surface area contributed by atoms with E-state index in [4.69, 9.17) is 10.5 Å². The van der Waals surface area contributed by atoms with Crippen molar-refractivity contribution in [3.05, 3.63) is 35.4 Å². The van der Waals surface area contributed by atoms with Crippen molar-refractivity contribution < 1.29 is 4.74 Å². The number of piperidine rings is 1. The maximum Gasteiger partial charge on any atom is 0.0491 e. The first-order chi connectivity index (χ1) is 8.81. The van der Waals surface area contributed by atoms with Gasteiger partial charge >= 0.3 is 0 Å². The van der Waals surface area contributed by atoms with Crippen LogP contribution < -0.4 is 5.73 Å². The number of likely N-dealkylation sites (tertiary alicyclic amines) is 1. The summed E-state index contributed by atoms with van der Waals surface area (Å²) in [5.41, 5.74) is 8.20. The Morgan fingerprint density at radius 3 is 2.33 bits per heavy atom. The van der Waals surface area contributed by atoms with E-state index in [2.05, 4.69) is 29.2 Å². The molecule has 0 radical (unpaired) electrons. The molecule has 0 atom stereocenters. The number of rotatable bonds is 5. The van der Waals surface area contributed by atoms with Crippen molar-refractivity contribution in [1.82, 2.24) is 4.90 Å². The van der Waals surface area contributed by atoms with Crippen LogP contribution in [0.4, 0.5) is 0 Å². The monoisotopic (exact) mass is 248 g/mol. The fraction of sp³-hybridized carbons (Fsp3) is 0.600. The number of methoxy groups -OCH3 is 1. The Bertz CT molecular complexity index is 342. The molecular formula is C15H24N2O. The molecule has 0 aliphatic carbocycles. The number of nitrogens with zero attached hydrogens (tertiary/aromatic N) is 1. The zero-order valence-electron chi connectivity index (χ0n) is 11.3. The van der Waals surface area contributed by atoms with Crippen LogP contribution in [0.15, 0.2) is 24.3 Å². The van der Waals surface area contributed by atoms with Crippen molar-refractivity contribution in [2.45, 2.75) is 25.9 Å². The molecule has 18 heavy (non-hydrogen) atoms. The molecule has 1 aliphatic heterocycles. The Labute approximate surface area is 110 Å². The SMILES string of the molecule is COCC1CCN(Cc2ccc(CN)cc2)CC1. The fourth-order valence-corrected chi connectivity index (χ4v) is 2.59. The van der Waals surface area contributed by atoms with Crippen molar-refractivity contribution in [2.75, 3.05) is 26.8 Å². The summed E-state index contributed by atoms with van der Waals surface area (Å²) in [6, 6.07) is 8.66. The third-order valence-electron chi connectivity index (χ3n) is 3.77. The van der Waals surface area contributed by atoms with Gasteiger partial charge in [0.25, 0.3) is 0 Å². The van der Waals surface area contributed by atoms with Crippen molar-refractivity contribution in [3.8, 4) is 0 Å². The van der Waals surface area contributed by atoms with E-state index in [-0.39, 0.29) is 0 Å². The van der Waals surface area contributed by atoms with Gasteiger partial charge in [-0.1, -0.05) is 24.3 Å². The second-order valence-electron chi connectivity index (χ2n) is 5.20. The van der Waals surface area contributed by atoms with E-state index in [0.29, 0.717) is 6.54 Å². The lowest BCUT2D eigenvalue weighted by molar-refractivity contribution is 0.0968. The van der Waals surface area contributed by atoms with Crippen molar-refractivity contribution in [2.24, 2.45) is 11.7 Å². The van der Waals surface area contributed by atoms with E-state index in [1.807, 2.05) is 0 Å². The summed E-state index contributed by atoms with van der Waals surface area (Å²) in [6.45, 7) is 4.98. The van der Waals surface area contributed by atoms with Crippen LogP contribution in [0.3, 0.4) is 0 Å². The molecule has 0 amide bonds. The number of benzene rings is 1. The van der Waals surface area contributed by atoms with Crippen LogP contribution in [-0.4, -0.2) is 31.7 Å². The van der Waals surface area contributed by atoms with Gasteiger partial charge in [0.05, 0.1) is 0 Å². The lowest BCUT2D eigenvalue weighted by atomic mass is 9.97. The molecular weight excluding hydrogens is 224 g/mol. The summed E-state index contributed by atoms with van der Waals surface area (Å²) in [7, 11) is 1.80. The van der Waals surface area contributed by atoms with Gasteiger partial charge in [0, 0.05) is 26.8 Å². The predicted octanol–water partition coefficient (Wildman–Crippen LogP) is 2.00. The molecule has 0 saturated carbocycles. The van der Waals surface area contributed by atoms with Crippen LogP contribution in [-0.2, 0) is 17.8 Å². The number of hydrogen-bond donors (Lipinski definition) is 1. The maximum absolute atomic E-state index is 5.61. The Kier molecular flexibility index (Phi) is 5.17. The summed E-state index contributed by atoms with van der Waals surface area (Å²) in [4.78, 5) is 2.53. The first-order valence-corrected chi connectivity index (χ1v) is 6.81. The third-order valence-corrected chi connectivity index (χ3v) is 3.77. The molecule has 100 valence electrons. The first-order valence-electron chi connectivity index (χ1n) is 6.81. The molecule has 2 N–H and O–H groups in total. The fourth-order valence-electron chi connectivity index (χ4n) is 2.59. The molecule has 1 aliphatic rings. The van der Waals surface area contributed by atoms with Crippen LogP contribution >= 0.6 is 0 Å². The summed E-state index contributed by atoms with van der Waals surface area (Å²) in [5.74, 6) is 0.755. The van der Waals surface area contributed by atoms with Gasteiger partial charge in [0.15, 0.2) is 0 Å². The second-order valence-corrected chi connectivity index (χ2v) is 5.20. The molecule has 1 aromatic carbocycles. The highest BCUT2D eigenvalue weighted by atomic mass is 16.5. The number of nitrogens with two attached hydrogens (primary N) is 1. The summed E-state index contributed by atoms with van der Waals surface area (Å²) < 4.78 is 5.23. The Balaban J connectivity index is 1.80. The van der Waals surface area contributed by atoms with Crippen LogP contribution in [0.25, 0.3) is 0 Å². The Hall–Kier alpha value is -0.900. The standard InChI is InChI=1S/C15H24N2O/c1-18-12-15-6-8-17(9-7-15)11-14-4-2-13(10-16)3-5-14/h2-5,15H,6-12,16H2,1H3. The highest BCUT2D eigenvalue weighted by Gasteiger charge is 2.18. The molecule has 3 nitrogen and oxygen atoms in total. The number of ether oxygens (including phenoxy) is 1. The van der Waals surface area contributed by atoms with Crippen LogP contribution in [0, 0.1) is 5.92 Å². The summed E-state index contributed by atoms with van der Waals surface area (Å²) in [6.07, 6.45) is 2.52. The largest absolute Gasteiger partial charge is 0.384 e. The minimum atomic E-state index is 0.628. The summed E-state index contributed by atoms with van der Waals surface area (Å²) in [5, 5.41) is 0. The molecule has 0 spiro atoms. The summed E-state index contributed by atoms with van der Waals surface area (Å²) >= 11 is 0. The van der Waals surface area contributed by atoms with Gasteiger partial charge in [0.2, 0.25) is 0 Å². The van der Waals surface area contributed by atoms with E-state index in [9.17, 15) is 0 Å². The third kappa shape index (κ3) is 3.80. The van der Waals surface area contributed by atoms with Crippen molar-refractivity contribution >= 4 is 0 Å². The normalized spacial score (nSPS) is 18.1. The van der Waals surface area contributed by atoms with Gasteiger partial charge in [-0.15, -0.1) is 0 Å². The number of hydrogen-bond acceptors (Lipinski definition) is 3. The van der Waals surface area contributed by atoms with Gasteiger partial charge in [-0.25, -0.2) is 0 Å². The molecule has 1 aromatic rings. The van der Waals surface area contributed by atoms with Crippen LogP contribution in [0.5, 0.6) is 0 Å². The molecule has 1 fully saturated rings. The lowest BCUT2D eigenvalue weighted by Crippen LogP contribution is -2.34. The van der Waals surface area contributed by atoms with E-state index in [0.717, 1.165) is 19.1 Å². The smallest absolute Gasteiger partial charge is 0.0491 e. The van der Waals surface area contributed by atoms with Gasteiger partial charge < -0.3 is 10.5 Å². The average molecular weight is 248 g/mol. The van der Waals surface area contributed by atoms with Gasteiger partial charge in [-0.2, -0.15) is 0 Å². The molecule has 1 saturated heterocycles. The zero-order chi connectivity index (χ0) is 12.8. The molecule has 1 heterocycles. The molecule has 0 unspecified atom stereocenters. The minimum Gasteiger partial charge on any atom is -0.384 e. The Morgan fingerprint density at radius 2 is 1.78 bits per heavy atom. The molecule has 0 bridgehead atoms. The van der Waals surface area contributed by atoms with E-state index in [1.165, 1.54) is 37.1 Å².